The highest BCUT2D eigenvalue weighted by Gasteiger charge is 2.17. The number of fused-ring (bicyclic) bond motifs is 1. The molecule has 24 heavy (non-hydrogen) atoms. The molecule has 0 N–H and O–H groups in total. The van der Waals surface area contributed by atoms with Gasteiger partial charge in [-0.05, 0) is 42.7 Å². The van der Waals surface area contributed by atoms with Crippen molar-refractivity contribution in [3.8, 4) is 0 Å². The largest absolute Gasteiger partial charge is 0.348 e. The first-order valence-electron chi connectivity index (χ1n) is 8.23. The molecule has 2 heterocycles. The molecule has 0 aliphatic rings. The van der Waals surface area contributed by atoms with Crippen molar-refractivity contribution >= 4 is 16.8 Å². The third-order valence-electron chi connectivity index (χ3n) is 4.77. The Morgan fingerprint density at radius 1 is 1.17 bits per heavy atom. The molecule has 4 heteroatoms. The lowest BCUT2D eigenvalue weighted by atomic mass is 10.1. The lowest BCUT2D eigenvalue weighted by Crippen LogP contribution is -2.30. The summed E-state index contributed by atoms with van der Waals surface area (Å²) in [5.74, 6) is 0.156. The predicted molar refractivity (Wildman–Crippen MR) is 96.9 cm³/mol. The van der Waals surface area contributed by atoms with Gasteiger partial charge in [-0.3, -0.25) is 9.78 Å². The second kappa shape index (κ2) is 6.87. The van der Waals surface area contributed by atoms with Gasteiger partial charge in [0, 0.05) is 49.6 Å². The Bertz CT molecular complexity index is 852. The Labute approximate surface area is 142 Å². The summed E-state index contributed by atoms with van der Waals surface area (Å²) in [5, 5.41) is 1.17. The number of amides is 1. The molecule has 0 unspecified atom stereocenters. The van der Waals surface area contributed by atoms with E-state index in [0.717, 1.165) is 17.7 Å². The second-order valence-corrected chi connectivity index (χ2v) is 6.24. The minimum atomic E-state index is 0.156. The van der Waals surface area contributed by atoms with Crippen LogP contribution in [-0.4, -0.2) is 34.0 Å². The van der Waals surface area contributed by atoms with Gasteiger partial charge in [0.05, 0.1) is 6.42 Å². The van der Waals surface area contributed by atoms with Gasteiger partial charge in [-0.2, -0.15) is 0 Å². The molecule has 0 aliphatic carbocycles. The zero-order valence-corrected chi connectivity index (χ0v) is 14.5. The van der Waals surface area contributed by atoms with E-state index in [9.17, 15) is 4.79 Å². The van der Waals surface area contributed by atoms with Crippen molar-refractivity contribution in [1.29, 1.82) is 0 Å². The number of hydrogen-bond acceptors (Lipinski definition) is 2. The third kappa shape index (κ3) is 3.18. The molecule has 0 saturated carbocycles. The molecule has 4 nitrogen and oxygen atoms in total. The van der Waals surface area contributed by atoms with Gasteiger partial charge < -0.3 is 9.47 Å². The summed E-state index contributed by atoms with van der Waals surface area (Å²) in [6, 6.07) is 12.3. The maximum atomic E-state index is 12.6. The zero-order valence-electron chi connectivity index (χ0n) is 14.5. The number of benzene rings is 1. The molecule has 0 atom stereocenters. The minimum Gasteiger partial charge on any atom is -0.348 e. The fourth-order valence-electron chi connectivity index (χ4n) is 3.08. The van der Waals surface area contributed by atoms with Crippen molar-refractivity contribution in [1.82, 2.24) is 14.5 Å². The molecule has 0 spiro atoms. The molecule has 2 aromatic heterocycles. The maximum absolute atomic E-state index is 12.6. The Kier molecular flexibility index (Phi) is 4.65. The lowest BCUT2D eigenvalue weighted by Gasteiger charge is -2.17. The van der Waals surface area contributed by atoms with E-state index in [1.165, 1.54) is 16.5 Å². The van der Waals surface area contributed by atoms with E-state index in [1.54, 1.807) is 12.4 Å². The number of para-hydroxylation sites is 1. The van der Waals surface area contributed by atoms with E-state index in [1.807, 2.05) is 36.2 Å². The van der Waals surface area contributed by atoms with Gasteiger partial charge in [0.2, 0.25) is 5.91 Å². The van der Waals surface area contributed by atoms with Gasteiger partial charge in [0.15, 0.2) is 0 Å². The first-order chi connectivity index (χ1) is 11.6. The number of pyridine rings is 1. The van der Waals surface area contributed by atoms with Crippen molar-refractivity contribution in [3.05, 3.63) is 65.6 Å². The molecule has 0 bridgehead atoms. The Morgan fingerprint density at radius 2 is 1.88 bits per heavy atom. The van der Waals surface area contributed by atoms with E-state index < -0.39 is 0 Å². The molecule has 1 amide bonds. The quantitative estimate of drug-likeness (QED) is 0.724. The first-order valence-corrected chi connectivity index (χ1v) is 8.23. The van der Waals surface area contributed by atoms with Crippen molar-refractivity contribution in [2.45, 2.75) is 19.8 Å². The number of hydrogen-bond donors (Lipinski definition) is 0. The summed E-state index contributed by atoms with van der Waals surface area (Å²) in [7, 11) is 3.93. The van der Waals surface area contributed by atoms with Gasteiger partial charge >= 0.3 is 0 Å². The van der Waals surface area contributed by atoms with Crippen LogP contribution in [0, 0.1) is 6.92 Å². The molecule has 0 radical (unpaired) electrons. The number of rotatable bonds is 5. The molecule has 0 fully saturated rings. The SMILES string of the molecule is Cc1c(CC(=O)N(C)CCc2ccncc2)c2ccccc2n1C. The summed E-state index contributed by atoms with van der Waals surface area (Å²) in [4.78, 5) is 18.5. The van der Waals surface area contributed by atoms with E-state index in [0.29, 0.717) is 13.0 Å². The predicted octanol–water partition coefficient (Wildman–Crippen LogP) is 3.13. The van der Waals surface area contributed by atoms with E-state index >= 15 is 0 Å². The average Bonchev–Trinajstić information content (AvgIpc) is 2.86. The summed E-state index contributed by atoms with van der Waals surface area (Å²) in [5.41, 5.74) is 4.67. The second-order valence-electron chi connectivity index (χ2n) is 6.24. The molecule has 3 aromatic rings. The highest BCUT2D eigenvalue weighted by atomic mass is 16.2. The number of nitrogens with zero attached hydrogens (tertiary/aromatic N) is 3. The van der Waals surface area contributed by atoms with Gasteiger partial charge in [-0.15, -0.1) is 0 Å². The van der Waals surface area contributed by atoms with Crippen LogP contribution in [0.4, 0.5) is 0 Å². The van der Waals surface area contributed by atoms with Crippen molar-refractivity contribution in [3.63, 3.8) is 0 Å². The monoisotopic (exact) mass is 321 g/mol. The van der Waals surface area contributed by atoms with Crippen LogP contribution in [0.5, 0.6) is 0 Å². The standard InChI is InChI=1S/C20H23N3O/c1-15-18(17-6-4-5-7-19(17)23(15)3)14-20(24)22(2)13-10-16-8-11-21-12-9-16/h4-9,11-12H,10,13-14H2,1-3H3. The fraction of sp³-hybridized carbons (Fsp3) is 0.300. The summed E-state index contributed by atoms with van der Waals surface area (Å²) in [6.07, 6.45) is 4.87. The number of carbonyl (C=O) groups is 1. The highest BCUT2D eigenvalue weighted by Crippen LogP contribution is 2.25. The average molecular weight is 321 g/mol. The highest BCUT2D eigenvalue weighted by molar-refractivity contribution is 5.90. The van der Waals surface area contributed by atoms with E-state index in [-0.39, 0.29) is 5.91 Å². The van der Waals surface area contributed by atoms with Crippen LogP contribution in [0.25, 0.3) is 10.9 Å². The van der Waals surface area contributed by atoms with Gasteiger partial charge in [-0.25, -0.2) is 0 Å². The molecule has 3 rings (SSSR count). The van der Waals surface area contributed by atoms with Crippen molar-refractivity contribution in [2.24, 2.45) is 7.05 Å². The van der Waals surface area contributed by atoms with Crippen LogP contribution in [0.3, 0.4) is 0 Å². The summed E-state index contributed by atoms with van der Waals surface area (Å²) >= 11 is 0. The number of aromatic nitrogens is 2. The maximum Gasteiger partial charge on any atom is 0.226 e. The third-order valence-corrected chi connectivity index (χ3v) is 4.77. The topological polar surface area (TPSA) is 38.1 Å². The molecular formula is C20H23N3O. The van der Waals surface area contributed by atoms with E-state index in [4.69, 9.17) is 0 Å². The Morgan fingerprint density at radius 3 is 2.62 bits per heavy atom. The van der Waals surface area contributed by atoms with Crippen LogP contribution >= 0.6 is 0 Å². The Hall–Kier alpha value is -2.62. The smallest absolute Gasteiger partial charge is 0.226 e. The molecule has 0 aliphatic heterocycles. The van der Waals surface area contributed by atoms with Gasteiger partial charge in [0.25, 0.3) is 0 Å². The van der Waals surface area contributed by atoms with Gasteiger partial charge in [0.1, 0.15) is 0 Å². The van der Waals surface area contributed by atoms with Crippen LogP contribution < -0.4 is 0 Å². The summed E-state index contributed by atoms with van der Waals surface area (Å²) in [6.45, 7) is 2.80. The molecular weight excluding hydrogens is 298 g/mol. The minimum absolute atomic E-state index is 0.156. The lowest BCUT2D eigenvalue weighted by molar-refractivity contribution is -0.129. The van der Waals surface area contributed by atoms with Crippen molar-refractivity contribution in [2.75, 3.05) is 13.6 Å². The van der Waals surface area contributed by atoms with Crippen LogP contribution in [-0.2, 0) is 24.7 Å². The number of carbonyl (C=O) groups excluding carboxylic acids is 1. The van der Waals surface area contributed by atoms with Crippen molar-refractivity contribution < 1.29 is 4.79 Å². The van der Waals surface area contributed by atoms with Crippen LogP contribution in [0.1, 0.15) is 16.8 Å². The van der Waals surface area contributed by atoms with Crippen LogP contribution in [0.15, 0.2) is 48.8 Å². The number of aryl methyl sites for hydroxylation is 1. The normalized spacial score (nSPS) is 11.0. The van der Waals surface area contributed by atoms with E-state index in [2.05, 4.69) is 35.7 Å². The van der Waals surface area contributed by atoms with Crippen LogP contribution in [0.2, 0.25) is 0 Å². The number of likely N-dealkylation sites (N-methyl/N-ethyl adjacent to an activating group) is 1. The molecule has 124 valence electrons. The van der Waals surface area contributed by atoms with Gasteiger partial charge in [-0.1, -0.05) is 18.2 Å². The Balaban J connectivity index is 1.72. The zero-order chi connectivity index (χ0) is 17.1. The fourth-order valence-corrected chi connectivity index (χ4v) is 3.08. The first kappa shape index (κ1) is 16.2. The molecule has 0 saturated heterocycles. The molecule has 1 aromatic carbocycles. The summed E-state index contributed by atoms with van der Waals surface area (Å²) < 4.78 is 2.16.